The second-order valence-corrected chi connectivity index (χ2v) is 12.5. The maximum Gasteiger partial charge on any atom is 0.151 e. The predicted molar refractivity (Wildman–Crippen MR) is 201 cm³/mol. The van der Waals surface area contributed by atoms with E-state index in [1.54, 1.807) is 9.59 Å². The lowest BCUT2D eigenvalue weighted by atomic mass is 10.1. The molecule has 0 radical (unpaired) electrons. The topological polar surface area (TPSA) is 86.4 Å². The van der Waals surface area contributed by atoms with Crippen LogP contribution in [-0.2, 0) is 0 Å². The van der Waals surface area contributed by atoms with Gasteiger partial charge in [-0.15, -0.1) is 30.0 Å². The number of nitrogens with zero attached hydrogens (tertiary/aromatic N) is 8. The maximum atomic E-state index is 6.48. The van der Waals surface area contributed by atoms with Crippen LogP contribution in [0, 0.1) is 0 Å². The van der Waals surface area contributed by atoms with Gasteiger partial charge in [-0.25, -0.2) is 0 Å². The molecule has 0 saturated heterocycles. The summed E-state index contributed by atoms with van der Waals surface area (Å²) >= 11 is 0. The molecule has 0 saturated carbocycles. The lowest BCUT2D eigenvalue weighted by molar-refractivity contribution is 0.476. The number of benzene rings is 7. The Kier molecular flexibility index (Phi) is 6.02. The third kappa shape index (κ3) is 4.31. The molecule has 2 aliphatic heterocycles. The zero-order chi connectivity index (χ0) is 34.2. The first kappa shape index (κ1) is 28.4. The van der Waals surface area contributed by atoms with E-state index in [2.05, 4.69) is 46.2 Å². The van der Waals surface area contributed by atoms with Crippen LogP contribution in [0.15, 0.2) is 158 Å². The van der Waals surface area contributed by atoms with E-state index in [1.807, 2.05) is 121 Å². The molecule has 2 aliphatic rings. The highest BCUT2D eigenvalue weighted by Crippen LogP contribution is 2.57. The van der Waals surface area contributed by atoms with Gasteiger partial charge in [0.25, 0.3) is 0 Å². The van der Waals surface area contributed by atoms with Gasteiger partial charge in [-0.2, -0.15) is 0 Å². The Balaban J connectivity index is 1.28. The summed E-state index contributed by atoms with van der Waals surface area (Å²) < 4.78 is 13.0. The van der Waals surface area contributed by atoms with Gasteiger partial charge in [0.05, 0.1) is 34.1 Å². The van der Waals surface area contributed by atoms with Crippen molar-refractivity contribution < 1.29 is 9.47 Å². The molecule has 0 amide bonds. The van der Waals surface area contributed by atoms with Crippen LogP contribution in [0.2, 0.25) is 0 Å². The number of anilines is 6. The minimum Gasteiger partial charge on any atom is -0.453 e. The van der Waals surface area contributed by atoms with E-state index in [4.69, 9.17) is 29.9 Å². The van der Waals surface area contributed by atoms with Gasteiger partial charge in [0.2, 0.25) is 0 Å². The Morgan fingerprint density at radius 1 is 0.288 bits per heavy atom. The van der Waals surface area contributed by atoms with Crippen molar-refractivity contribution in [3.63, 3.8) is 0 Å². The molecule has 10 heteroatoms. The Morgan fingerprint density at radius 2 is 0.558 bits per heavy atom. The Hall–Kier alpha value is -7.46. The third-order valence-electron chi connectivity index (χ3n) is 9.42. The van der Waals surface area contributed by atoms with Gasteiger partial charge in [-0.05, 0) is 84.9 Å². The van der Waals surface area contributed by atoms with E-state index in [1.165, 1.54) is 0 Å². The highest BCUT2D eigenvalue weighted by molar-refractivity contribution is 5.99. The van der Waals surface area contributed by atoms with Gasteiger partial charge in [0.1, 0.15) is 33.4 Å². The maximum absolute atomic E-state index is 6.48. The number of hydrogen-bond donors (Lipinski definition) is 0. The van der Waals surface area contributed by atoms with Crippen LogP contribution in [0.1, 0.15) is 0 Å². The van der Waals surface area contributed by atoms with Crippen molar-refractivity contribution in [2.24, 2.45) is 0 Å². The number of para-hydroxylation sites is 8. The largest absolute Gasteiger partial charge is 0.453 e. The van der Waals surface area contributed by atoms with Crippen molar-refractivity contribution >= 4 is 56.2 Å². The standard InChI is InChI=1S/C42H26N8O2/c1-2-14-28-27(13-1)43-49(44-28)37-25-35(47-31-17-5-9-21-39(31)51-40-22-10-6-18-32(40)47)36(26-38(37)50-45-29-15-3-4-16-30(29)46-50)48-33-19-7-11-23-41(33)52-42-24-12-8-20-34(42)48/h1-26H. The van der Waals surface area contributed by atoms with Crippen LogP contribution in [0.5, 0.6) is 23.0 Å². The molecular weight excluding hydrogens is 649 g/mol. The summed E-state index contributed by atoms with van der Waals surface area (Å²) in [5.41, 5.74) is 9.72. The summed E-state index contributed by atoms with van der Waals surface area (Å²) in [4.78, 5) is 7.85. The van der Waals surface area contributed by atoms with Gasteiger partial charge in [0.15, 0.2) is 23.0 Å². The fraction of sp³-hybridized carbons (Fsp3) is 0. The fourth-order valence-corrected chi connectivity index (χ4v) is 7.10. The quantitative estimate of drug-likeness (QED) is 0.182. The van der Waals surface area contributed by atoms with Crippen LogP contribution in [0.3, 0.4) is 0 Å². The molecule has 0 fully saturated rings. The molecule has 0 unspecified atom stereocenters. The number of ether oxygens (including phenoxy) is 2. The van der Waals surface area contributed by atoms with Gasteiger partial charge in [-0.1, -0.05) is 72.8 Å². The zero-order valence-electron chi connectivity index (χ0n) is 27.4. The van der Waals surface area contributed by atoms with Crippen molar-refractivity contribution in [1.82, 2.24) is 30.0 Å². The Morgan fingerprint density at radius 3 is 0.865 bits per heavy atom. The molecule has 0 spiro atoms. The van der Waals surface area contributed by atoms with E-state index in [-0.39, 0.29) is 0 Å². The van der Waals surface area contributed by atoms with Crippen LogP contribution in [-0.4, -0.2) is 30.0 Å². The van der Waals surface area contributed by atoms with Gasteiger partial charge < -0.3 is 19.3 Å². The molecular formula is C42H26N8O2. The Bertz CT molecular complexity index is 2510. The molecule has 7 aromatic carbocycles. The lowest BCUT2D eigenvalue weighted by Gasteiger charge is -2.38. The number of aromatic nitrogens is 6. The molecule has 10 nitrogen and oxygen atoms in total. The van der Waals surface area contributed by atoms with Crippen LogP contribution >= 0.6 is 0 Å². The summed E-state index contributed by atoms with van der Waals surface area (Å²) in [5, 5.41) is 19.9. The molecule has 246 valence electrons. The fourth-order valence-electron chi connectivity index (χ4n) is 7.10. The molecule has 0 atom stereocenters. The van der Waals surface area contributed by atoms with Crippen LogP contribution in [0.25, 0.3) is 33.4 Å². The molecule has 4 heterocycles. The van der Waals surface area contributed by atoms with Crippen molar-refractivity contribution in [2.45, 2.75) is 0 Å². The van der Waals surface area contributed by atoms with Gasteiger partial charge >= 0.3 is 0 Å². The van der Waals surface area contributed by atoms with Gasteiger partial charge in [0, 0.05) is 0 Å². The van der Waals surface area contributed by atoms with E-state index >= 15 is 0 Å². The second kappa shape index (κ2) is 11.0. The smallest absolute Gasteiger partial charge is 0.151 e. The average molecular weight is 675 g/mol. The van der Waals surface area contributed by atoms with Crippen molar-refractivity contribution in [3.05, 3.63) is 158 Å². The molecule has 0 aliphatic carbocycles. The second-order valence-electron chi connectivity index (χ2n) is 12.5. The summed E-state index contributed by atoms with van der Waals surface area (Å²) in [5.74, 6) is 2.96. The van der Waals surface area contributed by atoms with Crippen molar-refractivity contribution in [1.29, 1.82) is 0 Å². The van der Waals surface area contributed by atoms with E-state index in [9.17, 15) is 0 Å². The van der Waals surface area contributed by atoms with Crippen LogP contribution < -0.4 is 19.3 Å². The molecule has 0 N–H and O–H groups in total. The lowest BCUT2D eigenvalue weighted by Crippen LogP contribution is -2.22. The zero-order valence-corrected chi connectivity index (χ0v) is 27.4. The van der Waals surface area contributed by atoms with Gasteiger partial charge in [-0.3, -0.25) is 0 Å². The number of fused-ring (bicyclic) bond motifs is 6. The van der Waals surface area contributed by atoms with Crippen molar-refractivity contribution in [3.8, 4) is 34.4 Å². The Labute approximate surface area is 296 Å². The molecule has 2 aromatic heterocycles. The van der Waals surface area contributed by atoms with Crippen LogP contribution in [0.4, 0.5) is 34.1 Å². The summed E-state index contributed by atoms with van der Waals surface area (Å²) in [6, 6.07) is 52.3. The molecule has 52 heavy (non-hydrogen) atoms. The van der Waals surface area contributed by atoms with E-state index < -0.39 is 0 Å². The first-order chi connectivity index (χ1) is 25.8. The summed E-state index contributed by atoms with van der Waals surface area (Å²) in [6.45, 7) is 0. The normalized spacial score (nSPS) is 12.8. The first-order valence-corrected chi connectivity index (χ1v) is 16.9. The highest BCUT2D eigenvalue weighted by Gasteiger charge is 2.34. The first-order valence-electron chi connectivity index (χ1n) is 16.9. The third-order valence-corrected chi connectivity index (χ3v) is 9.42. The summed E-state index contributed by atoms with van der Waals surface area (Å²) in [7, 11) is 0. The summed E-state index contributed by atoms with van der Waals surface area (Å²) in [6.07, 6.45) is 0. The van der Waals surface area contributed by atoms with E-state index in [0.717, 1.165) is 79.2 Å². The van der Waals surface area contributed by atoms with Crippen molar-refractivity contribution in [2.75, 3.05) is 9.80 Å². The monoisotopic (exact) mass is 674 g/mol. The number of rotatable bonds is 4. The average Bonchev–Trinajstić information content (AvgIpc) is 3.84. The minimum absolute atomic E-state index is 0.687. The predicted octanol–water partition coefficient (Wildman–Crippen LogP) is 10.3. The highest BCUT2D eigenvalue weighted by atomic mass is 16.5. The number of hydrogen-bond acceptors (Lipinski definition) is 8. The van der Waals surface area contributed by atoms with E-state index in [0.29, 0.717) is 11.4 Å². The minimum atomic E-state index is 0.687. The molecule has 0 bridgehead atoms. The SMILES string of the molecule is c1ccc2c(c1)Oc1ccccc1N2c1cc(-n2nc3ccccc3n2)c(-n2nc3ccccc3n2)cc1N1c2ccccc2Oc2ccccc21. The molecule has 9 aromatic rings. The molecule has 11 rings (SSSR count).